The normalized spacial score (nSPS) is 14.7. The van der Waals surface area contributed by atoms with Crippen LogP contribution in [0.4, 0.5) is 0 Å². The van der Waals surface area contributed by atoms with Crippen LogP contribution in [0.25, 0.3) is 55.5 Å². The average Bonchev–Trinajstić information content (AvgIpc) is 3.32. The standard InChI is InChI=1S/C30H25N5/c1-2-7-22-17-23(10-9-20(22)5-1)24-18-28-29(32-19-24)35(25-13-15-31-16-14-25)30(34-28)27-12-11-21-6-3-4-8-26(21)33-27/h1-12,17-19,25,31H,13-16H2. The van der Waals surface area contributed by atoms with Gasteiger partial charge in [-0.15, -0.1) is 0 Å². The van der Waals surface area contributed by atoms with Crippen molar-refractivity contribution in [2.75, 3.05) is 13.1 Å². The summed E-state index contributed by atoms with van der Waals surface area (Å²) in [5.41, 5.74) is 5.97. The van der Waals surface area contributed by atoms with Gasteiger partial charge >= 0.3 is 0 Å². The molecule has 35 heavy (non-hydrogen) atoms. The number of rotatable bonds is 3. The SMILES string of the molecule is c1ccc2cc(-c3cnc4c(c3)nc(-c3ccc5ccccc5n3)n4C3CCNCC3)ccc2c1. The molecule has 1 fully saturated rings. The van der Waals surface area contributed by atoms with Gasteiger partial charge in [0, 0.05) is 23.2 Å². The average molecular weight is 456 g/mol. The lowest BCUT2D eigenvalue weighted by Gasteiger charge is -2.25. The molecule has 0 atom stereocenters. The fourth-order valence-corrected chi connectivity index (χ4v) is 5.29. The number of hydrogen-bond donors (Lipinski definition) is 1. The largest absolute Gasteiger partial charge is 0.317 e. The van der Waals surface area contributed by atoms with E-state index in [1.807, 2.05) is 18.3 Å². The van der Waals surface area contributed by atoms with Gasteiger partial charge in [-0.3, -0.25) is 0 Å². The molecule has 0 amide bonds. The molecular weight excluding hydrogens is 430 g/mol. The number of para-hydroxylation sites is 1. The number of aromatic nitrogens is 4. The Morgan fingerprint density at radius 2 is 1.46 bits per heavy atom. The number of benzene rings is 3. The molecule has 0 saturated carbocycles. The van der Waals surface area contributed by atoms with E-state index < -0.39 is 0 Å². The van der Waals surface area contributed by atoms with Crippen molar-refractivity contribution >= 4 is 32.8 Å². The van der Waals surface area contributed by atoms with E-state index in [-0.39, 0.29) is 0 Å². The van der Waals surface area contributed by atoms with Crippen LogP contribution in [-0.2, 0) is 0 Å². The summed E-state index contributed by atoms with van der Waals surface area (Å²) in [6.45, 7) is 2.01. The van der Waals surface area contributed by atoms with E-state index in [0.29, 0.717) is 6.04 Å². The molecular formula is C30H25N5. The highest BCUT2D eigenvalue weighted by Gasteiger charge is 2.24. The van der Waals surface area contributed by atoms with Gasteiger partial charge in [0.25, 0.3) is 0 Å². The number of piperidine rings is 1. The predicted octanol–water partition coefficient (Wildman–Crippen LogP) is 6.39. The van der Waals surface area contributed by atoms with Crippen molar-refractivity contribution in [2.24, 2.45) is 0 Å². The van der Waals surface area contributed by atoms with Gasteiger partial charge < -0.3 is 9.88 Å². The van der Waals surface area contributed by atoms with Crippen LogP contribution in [0, 0.1) is 0 Å². The summed E-state index contributed by atoms with van der Waals surface area (Å²) in [4.78, 5) is 15.1. The highest BCUT2D eigenvalue weighted by Crippen LogP contribution is 2.33. The lowest BCUT2D eigenvalue weighted by atomic mass is 10.0. The van der Waals surface area contributed by atoms with Crippen LogP contribution in [0.1, 0.15) is 18.9 Å². The van der Waals surface area contributed by atoms with Crippen molar-refractivity contribution in [3.8, 4) is 22.6 Å². The van der Waals surface area contributed by atoms with Gasteiger partial charge in [-0.25, -0.2) is 15.0 Å². The molecule has 5 heteroatoms. The van der Waals surface area contributed by atoms with E-state index in [9.17, 15) is 0 Å². The Morgan fingerprint density at radius 3 is 2.34 bits per heavy atom. The smallest absolute Gasteiger partial charge is 0.161 e. The van der Waals surface area contributed by atoms with Gasteiger partial charge in [0.05, 0.1) is 5.52 Å². The minimum absolute atomic E-state index is 0.350. The monoisotopic (exact) mass is 455 g/mol. The zero-order valence-electron chi connectivity index (χ0n) is 19.4. The summed E-state index contributed by atoms with van der Waals surface area (Å²) in [6, 6.07) is 30.0. The number of nitrogens with zero attached hydrogens (tertiary/aromatic N) is 4. The molecule has 1 saturated heterocycles. The fourth-order valence-electron chi connectivity index (χ4n) is 5.29. The lowest BCUT2D eigenvalue weighted by Crippen LogP contribution is -2.29. The lowest BCUT2D eigenvalue weighted by molar-refractivity contribution is 0.376. The third kappa shape index (κ3) is 3.56. The van der Waals surface area contributed by atoms with E-state index >= 15 is 0 Å². The predicted molar refractivity (Wildman–Crippen MR) is 142 cm³/mol. The quantitative estimate of drug-likeness (QED) is 0.336. The topological polar surface area (TPSA) is 55.6 Å². The molecule has 0 unspecified atom stereocenters. The highest BCUT2D eigenvalue weighted by molar-refractivity contribution is 5.89. The summed E-state index contributed by atoms with van der Waals surface area (Å²) >= 11 is 0. The molecule has 1 aliphatic heterocycles. The molecule has 0 spiro atoms. The van der Waals surface area contributed by atoms with Crippen molar-refractivity contribution in [3.63, 3.8) is 0 Å². The van der Waals surface area contributed by atoms with E-state index in [2.05, 4.69) is 82.7 Å². The van der Waals surface area contributed by atoms with Crippen molar-refractivity contribution in [1.29, 1.82) is 0 Å². The summed E-state index contributed by atoms with van der Waals surface area (Å²) in [5.74, 6) is 0.904. The zero-order chi connectivity index (χ0) is 23.2. The van der Waals surface area contributed by atoms with Crippen LogP contribution in [0.15, 0.2) is 91.1 Å². The molecule has 0 aliphatic carbocycles. The Labute approximate surface area is 203 Å². The molecule has 3 aromatic carbocycles. The number of hydrogen-bond acceptors (Lipinski definition) is 4. The first kappa shape index (κ1) is 20.3. The Hall–Kier alpha value is -4.09. The number of imidazole rings is 1. The second-order valence-electron chi connectivity index (χ2n) is 9.30. The van der Waals surface area contributed by atoms with E-state index in [4.69, 9.17) is 15.0 Å². The number of nitrogens with one attached hydrogen (secondary N) is 1. The fraction of sp³-hybridized carbons (Fsp3) is 0.167. The molecule has 1 N–H and O–H groups in total. The van der Waals surface area contributed by atoms with Crippen molar-refractivity contribution < 1.29 is 0 Å². The van der Waals surface area contributed by atoms with Crippen molar-refractivity contribution in [2.45, 2.75) is 18.9 Å². The van der Waals surface area contributed by atoms with Gasteiger partial charge in [0.15, 0.2) is 11.5 Å². The minimum Gasteiger partial charge on any atom is -0.317 e. The molecule has 4 heterocycles. The second kappa shape index (κ2) is 8.29. The Bertz CT molecular complexity index is 1690. The highest BCUT2D eigenvalue weighted by atomic mass is 15.2. The van der Waals surface area contributed by atoms with Gasteiger partial charge in [-0.05, 0) is 66.5 Å². The van der Waals surface area contributed by atoms with Gasteiger partial charge in [0.1, 0.15) is 11.2 Å². The molecule has 1 aliphatic rings. The first-order chi connectivity index (χ1) is 17.3. The van der Waals surface area contributed by atoms with Crippen LogP contribution >= 0.6 is 0 Å². The Kier molecular flexibility index (Phi) is 4.81. The van der Waals surface area contributed by atoms with Crippen LogP contribution in [0.3, 0.4) is 0 Å². The van der Waals surface area contributed by atoms with Gasteiger partial charge in [-0.1, -0.05) is 60.7 Å². The number of pyridine rings is 2. The van der Waals surface area contributed by atoms with Crippen molar-refractivity contribution in [3.05, 3.63) is 91.1 Å². The molecule has 3 aromatic heterocycles. The van der Waals surface area contributed by atoms with Crippen LogP contribution in [-0.4, -0.2) is 32.6 Å². The van der Waals surface area contributed by atoms with Crippen LogP contribution in [0.2, 0.25) is 0 Å². The second-order valence-corrected chi connectivity index (χ2v) is 9.30. The van der Waals surface area contributed by atoms with E-state index in [1.165, 1.54) is 10.8 Å². The van der Waals surface area contributed by atoms with Gasteiger partial charge in [-0.2, -0.15) is 0 Å². The zero-order valence-corrected chi connectivity index (χ0v) is 19.4. The third-order valence-corrected chi connectivity index (χ3v) is 7.11. The maximum atomic E-state index is 5.13. The maximum Gasteiger partial charge on any atom is 0.161 e. The molecule has 170 valence electrons. The minimum atomic E-state index is 0.350. The maximum absolute atomic E-state index is 5.13. The molecule has 7 rings (SSSR count). The van der Waals surface area contributed by atoms with E-state index in [0.717, 1.165) is 70.6 Å². The first-order valence-corrected chi connectivity index (χ1v) is 12.3. The first-order valence-electron chi connectivity index (χ1n) is 12.3. The molecule has 0 radical (unpaired) electrons. The van der Waals surface area contributed by atoms with Crippen LogP contribution < -0.4 is 5.32 Å². The van der Waals surface area contributed by atoms with E-state index in [1.54, 1.807) is 0 Å². The van der Waals surface area contributed by atoms with Crippen LogP contribution in [0.5, 0.6) is 0 Å². The van der Waals surface area contributed by atoms with Gasteiger partial charge in [0.2, 0.25) is 0 Å². The Morgan fingerprint density at radius 1 is 0.686 bits per heavy atom. The molecule has 6 aromatic rings. The summed E-state index contributed by atoms with van der Waals surface area (Å²) < 4.78 is 2.33. The summed E-state index contributed by atoms with van der Waals surface area (Å²) in [5, 5.41) is 7.09. The molecule has 5 nitrogen and oxygen atoms in total. The molecule has 0 bridgehead atoms. The van der Waals surface area contributed by atoms with Crippen molar-refractivity contribution in [1.82, 2.24) is 24.8 Å². The summed E-state index contributed by atoms with van der Waals surface area (Å²) in [7, 11) is 0. The third-order valence-electron chi connectivity index (χ3n) is 7.11. The number of fused-ring (bicyclic) bond motifs is 3. The summed E-state index contributed by atoms with van der Waals surface area (Å²) in [6.07, 6.45) is 4.10. The Balaban J connectivity index is 1.40.